The first kappa shape index (κ1) is 12.0. The number of hydrogen-bond acceptors (Lipinski definition) is 0. The standard InChI is InChI=1S/C11H16I2/c1-8(2)10(12)11(13)9-6-4-3-5-7-9/h3-7H2,1-2H3. The molecule has 0 unspecified atom stereocenters. The van der Waals surface area contributed by atoms with Crippen LogP contribution in [0.15, 0.2) is 18.3 Å². The second-order valence-corrected chi connectivity index (χ2v) is 5.95. The molecule has 1 rings (SSSR count). The fraction of sp³-hybridized carbons (Fsp3) is 0.636. The Kier molecular flexibility index (Phi) is 5.30. The summed E-state index contributed by atoms with van der Waals surface area (Å²) in [4.78, 5) is 0. The van der Waals surface area contributed by atoms with Crippen LogP contribution in [-0.4, -0.2) is 0 Å². The number of rotatable bonds is 1. The highest BCUT2D eigenvalue weighted by Crippen LogP contribution is 2.36. The molecule has 1 fully saturated rings. The molecule has 0 N–H and O–H groups in total. The highest BCUT2D eigenvalue weighted by atomic mass is 127. The lowest BCUT2D eigenvalue weighted by atomic mass is 9.94. The zero-order valence-electron chi connectivity index (χ0n) is 8.29. The van der Waals surface area contributed by atoms with Gasteiger partial charge in [-0.3, -0.25) is 0 Å². The smallest absolute Gasteiger partial charge is 0.0255 e. The van der Waals surface area contributed by atoms with Gasteiger partial charge in [0.25, 0.3) is 0 Å². The van der Waals surface area contributed by atoms with Gasteiger partial charge in [0, 0.05) is 7.16 Å². The summed E-state index contributed by atoms with van der Waals surface area (Å²) in [7, 11) is 0. The maximum absolute atomic E-state index is 2.52. The van der Waals surface area contributed by atoms with Gasteiger partial charge in [0.2, 0.25) is 0 Å². The molecular weight excluding hydrogens is 386 g/mol. The van der Waals surface area contributed by atoms with Gasteiger partial charge >= 0.3 is 0 Å². The molecule has 0 heterocycles. The summed E-state index contributed by atoms with van der Waals surface area (Å²) in [5.74, 6) is 0. The number of allylic oxidation sites excluding steroid dienone is 4. The van der Waals surface area contributed by atoms with Gasteiger partial charge in [-0.2, -0.15) is 0 Å². The predicted molar refractivity (Wildman–Crippen MR) is 76.5 cm³/mol. The van der Waals surface area contributed by atoms with Crippen molar-refractivity contribution in [3.63, 3.8) is 0 Å². The van der Waals surface area contributed by atoms with E-state index in [4.69, 9.17) is 0 Å². The Labute approximate surface area is 109 Å². The van der Waals surface area contributed by atoms with Crippen LogP contribution in [0, 0.1) is 0 Å². The Hall–Kier alpha value is 0.940. The molecule has 0 spiro atoms. The molecule has 0 aromatic heterocycles. The third-order valence-electron chi connectivity index (χ3n) is 2.40. The summed E-state index contributed by atoms with van der Waals surface area (Å²) in [6.07, 6.45) is 6.89. The summed E-state index contributed by atoms with van der Waals surface area (Å²) >= 11 is 4.99. The Balaban J connectivity index is 2.83. The quantitative estimate of drug-likeness (QED) is 0.518. The minimum atomic E-state index is 1.33. The van der Waals surface area contributed by atoms with Crippen LogP contribution in [0.3, 0.4) is 0 Å². The Morgan fingerprint density at radius 2 is 1.54 bits per heavy atom. The fourth-order valence-electron chi connectivity index (χ4n) is 1.57. The normalized spacial score (nSPS) is 17.1. The van der Waals surface area contributed by atoms with Crippen molar-refractivity contribution in [3.05, 3.63) is 18.3 Å². The van der Waals surface area contributed by atoms with E-state index < -0.39 is 0 Å². The summed E-state index contributed by atoms with van der Waals surface area (Å²) in [6.45, 7) is 4.40. The molecule has 0 amide bonds. The van der Waals surface area contributed by atoms with Crippen LogP contribution in [0.5, 0.6) is 0 Å². The monoisotopic (exact) mass is 402 g/mol. The van der Waals surface area contributed by atoms with E-state index in [1.54, 1.807) is 5.57 Å². The van der Waals surface area contributed by atoms with Gasteiger partial charge in [0.1, 0.15) is 0 Å². The highest BCUT2D eigenvalue weighted by molar-refractivity contribution is 14.1. The number of halogens is 2. The molecule has 0 bridgehead atoms. The maximum Gasteiger partial charge on any atom is 0.0255 e. The Bertz CT molecular complexity index is 237. The van der Waals surface area contributed by atoms with Crippen LogP contribution >= 0.6 is 45.2 Å². The molecule has 1 aliphatic rings. The van der Waals surface area contributed by atoms with E-state index in [-0.39, 0.29) is 0 Å². The SMILES string of the molecule is CC(C)=C(I)C(I)=C1CCCCC1. The second-order valence-electron chi connectivity index (χ2n) is 3.79. The van der Waals surface area contributed by atoms with Crippen molar-refractivity contribution in [1.29, 1.82) is 0 Å². The van der Waals surface area contributed by atoms with Crippen molar-refractivity contribution < 1.29 is 0 Å². The summed E-state index contributed by atoms with van der Waals surface area (Å²) in [6, 6.07) is 0. The summed E-state index contributed by atoms with van der Waals surface area (Å²) in [5.41, 5.74) is 3.14. The maximum atomic E-state index is 2.52. The molecule has 1 saturated carbocycles. The van der Waals surface area contributed by atoms with Crippen molar-refractivity contribution in [3.8, 4) is 0 Å². The molecule has 13 heavy (non-hydrogen) atoms. The third-order valence-corrected chi connectivity index (χ3v) is 6.35. The van der Waals surface area contributed by atoms with Crippen LogP contribution in [-0.2, 0) is 0 Å². The molecule has 0 aromatic carbocycles. The first-order chi connectivity index (χ1) is 6.13. The fourth-order valence-corrected chi connectivity index (χ4v) is 3.03. The molecule has 2 heteroatoms. The lowest BCUT2D eigenvalue weighted by molar-refractivity contribution is 0.598. The molecule has 1 aliphatic carbocycles. The molecule has 0 aliphatic heterocycles. The van der Waals surface area contributed by atoms with E-state index in [1.807, 2.05) is 0 Å². The predicted octanol–water partition coefficient (Wildman–Crippen LogP) is 5.37. The van der Waals surface area contributed by atoms with Crippen molar-refractivity contribution in [2.24, 2.45) is 0 Å². The van der Waals surface area contributed by atoms with Gasteiger partial charge in [-0.05, 0) is 84.7 Å². The molecule has 0 atom stereocenters. The van der Waals surface area contributed by atoms with Gasteiger partial charge in [0.15, 0.2) is 0 Å². The van der Waals surface area contributed by atoms with Crippen LogP contribution < -0.4 is 0 Å². The lowest BCUT2D eigenvalue weighted by Crippen LogP contribution is -1.96. The van der Waals surface area contributed by atoms with Gasteiger partial charge in [-0.1, -0.05) is 17.6 Å². The van der Waals surface area contributed by atoms with Crippen molar-refractivity contribution in [2.45, 2.75) is 46.0 Å². The van der Waals surface area contributed by atoms with E-state index >= 15 is 0 Å². The van der Waals surface area contributed by atoms with Crippen LogP contribution in [0.25, 0.3) is 0 Å². The minimum Gasteiger partial charge on any atom is -0.0620 e. The van der Waals surface area contributed by atoms with E-state index in [2.05, 4.69) is 59.0 Å². The van der Waals surface area contributed by atoms with Gasteiger partial charge in [-0.15, -0.1) is 0 Å². The van der Waals surface area contributed by atoms with Crippen LogP contribution in [0.4, 0.5) is 0 Å². The molecule has 0 saturated heterocycles. The van der Waals surface area contributed by atoms with Crippen LogP contribution in [0.2, 0.25) is 0 Å². The first-order valence-electron chi connectivity index (χ1n) is 4.84. The Morgan fingerprint density at radius 1 is 1.00 bits per heavy atom. The summed E-state index contributed by atoms with van der Waals surface area (Å²) < 4.78 is 2.99. The number of hydrogen-bond donors (Lipinski definition) is 0. The minimum absolute atomic E-state index is 1.33. The van der Waals surface area contributed by atoms with Crippen molar-refractivity contribution in [1.82, 2.24) is 0 Å². The zero-order valence-corrected chi connectivity index (χ0v) is 12.6. The molecular formula is C11H16I2. The van der Waals surface area contributed by atoms with E-state index in [0.717, 1.165) is 0 Å². The molecule has 0 nitrogen and oxygen atoms in total. The topological polar surface area (TPSA) is 0 Å². The molecule has 0 radical (unpaired) electrons. The largest absolute Gasteiger partial charge is 0.0620 e. The first-order valence-corrected chi connectivity index (χ1v) is 6.99. The van der Waals surface area contributed by atoms with E-state index in [0.29, 0.717) is 0 Å². The zero-order chi connectivity index (χ0) is 9.84. The van der Waals surface area contributed by atoms with Crippen LogP contribution in [0.1, 0.15) is 46.0 Å². The highest BCUT2D eigenvalue weighted by Gasteiger charge is 2.11. The van der Waals surface area contributed by atoms with E-state index in [9.17, 15) is 0 Å². The lowest BCUT2D eigenvalue weighted by Gasteiger charge is -2.16. The van der Waals surface area contributed by atoms with Gasteiger partial charge in [-0.25, -0.2) is 0 Å². The van der Waals surface area contributed by atoms with Crippen molar-refractivity contribution >= 4 is 45.2 Å². The molecule has 74 valence electrons. The van der Waals surface area contributed by atoms with E-state index in [1.165, 1.54) is 44.8 Å². The second kappa shape index (κ2) is 5.73. The van der Waals surface area contributed by atoms with Gasteiger partial charge < -0.3 is 0 Å². The third kappa shape index (κ3) is 3.53. The average molecular weight is 402 g/mol. The Morgan fingerprint density at radius 3 is 2.00 bits per heavy atom. The average Bonchev–Trinajstić information content (AvgIpc) is 2.17. The molecule has 0 aromatic rings. The summed E-state index contributed by atoms with van der Waals surface area (Å²) in [5, 5.41) is 0. The van der Waals surface area contributed by atoms with Gasteiger partial charge in [0.05, 0.1) is 0 Å². The van der Waals surface area contributed by atoms with Crippen molar-refractivity contribution in [2.75, 3.05) is 0 Å².